The highest BCUT2D eigenvalue weighted by atomic mass is 127. The van der Waals surface area contributed by atoms with Gasteiger partial charge in [0.15, 0.2) is 24.8 Å². The van der Waals surface area contributed by atoms with Crippen molar-refractivity contribution in [3.63, 3.8) is 0 Å². The van der Waals surface area contributed by atoms with Gasteiger partial charge in [0.1, 0.15) is 13.1 Å². The standard InChI is InChI=1S/C31H50N2.2HI/c1-2-6-10-14-20-30-22-18-27-33(28-30)25-17-13-9-5-3-7-11-15-21-31-23-19-26-32(29-31)24-16-12-8-4-1;;/h18-19,22-23,26-29H,1-17,20-21,24-25H2;2*1H/q+2;;/p-2. The Hall–Kier alpha value is -0.240. The summed E-state index contributed by atoms with van der Waals surface area (Å²) in [6.45, 7) is 2.37. The maximum atomic E-state index is 2.43. The maximum absolute atomic E-state index is 2.43. The molecule has 2 nitrogen and oxygen atoms in total. The minimum absolute atomic E-state index is 0. The fourth-order valence-corrected chi connectivity index (χ4v) is 5.27. The number of aryl methyl sites for hydroxylation is 4. The van der Waals surface area contributed by atoms with E-state index in [0.29, 0.717) is 0 Å². The molecule has 2 aromatic heterocycles. The third-order valence-electron chi connectivity index (χ3n) is 7.35. The van der Waals surface area contributed by atoms with E-state index >= 15 is 0 Å². The van der Waals surface area contributed by atoms with Crippen molar-refractivity contribution in [2.24, 2.45) is 0 Å². The fourth-order valence-electron chi connectivity index (χ4n) is 5.27. The van der Waals surface area contributed by atoms with E-state index in [-0.39, 0.29) is 48.0 Å². The molecule has 0 N–H and O–H groups in total. The van der Waals surface area contributed by atoms with Gasteiger partial charge in [0, 0.05) is 36.1 Å². The normalized spacial score (nSPS) is 18.3. The first-order valence-electron chi connectivity index (χ1n) is 14.4. The summed E-state index contributed by atoms with van der Waals surface area (Å²) in [4.78, 5) is 0. The van der Waals surface area contributed by atoms with Crippen molar-refractivity contribution in [1.82, 2.24) is 0 Å². The van der Waals surface area contributed by atoms with Crippen LogP contribution in [0.1, 0.15) is 120 Å². The average molecular weight is 705 g/mol. The molecule has 0 aliphatic carbocycles. The van der Waals surface area contributed by atoms with Crippen molar-refractivity contribution < 1.29 is 57.1 Å². The zero-order valence-corrected chi connectivity index (χ0v) is 26.4. The zero-order valence-electron chi connectivity index (χ0n) is 22.1. The molecule has 4 bridgehead atoms. The number of halogens is 2. The Bertz CT molecular complexity index is 702. The lowest BCUT2D eigenvalue weighted by molar-refractivity contribution is -0.697. The summed E-state index contributed by atoms with van der Waals surface area (Å²) in [5.41, 5.74) is 3.05. The number of hydrogen-bond donors (Lipinski definition) is 0. The number of pyridine rings is 2. The van der Waals surface area contributed by atoms with Gasteiger partial charge in [0.2, 0.25) is 0 Å². The highest BCUT2D eigenvalue weighted by Crippen LogP contribution is 2.13. The summed E-state index contributed by atoms with van der Waals surface area (Å²) in [6.07, 6.45) is 35.4. The van der Waals surface area contributed by atoms with Gasteiger partial charge in [-0.25, -0.2) is 9.13 Å². The van der Waals surface area contributed by atoms with E-state index in [1.165, 1.54) is 146 Å². The second-order valence-electron chi connectivity index (χ2n) is 10.4. The Balaban J connectivity index is 0.00000306. The van der Waals surface area contributed by atoms with Gasteiger partial charge in [-0.15, -0.1) is 0 Å². The number of nitrogens with zero attached hydrogens (tertiary/aromatic N) is 2. The first kappa shape index (κ1) is 32.8. The molecule has 0 fully saturated rings. The van der Waals surface area contributed by atoms with Gasteiger partial charge >= 0.3 is 0 Å². The first-order valence-corrected chi connectivity index (χ1v) is 14.4. The van der Waals surface area contributed by atoms with E-state index in [1.54, 1.807) is 0 Å². The van der Waals surface area contributed by atoms with Gasteiger partial charge in [-0.3, -0.25) is 0 Å². The molecule has 0 saturated heterocycles. The van der Waals surface area contributed by atoms with Crippen molar-refractivity contribution in [2.45, 2.75) is 135 Å². The lowest BCUT2D eigenvalue weighted by Crippen LogP contribution is -3.00. The van der Waals surface area contributed by atoms with Gasteiger partial charge in [-0.2, -0.15) is 0 Å². The number of rotatable bonds is 0. The molecule has 0 amide bonds. The Morgan fingerprint density at radius 2 is 0.714 bits per heavy atom. The molecule has 3 rings (SSSR count). The van der Waals surface area contributed by atoms with Crippen LogP contribution in [0.3, 0.4) is 0 Å². The Morgan fingerprint density at radius 1 is 0.400 bits per heavy atom. The average Bonchev–Trinajstić information content (AvgIpc) is 2.84. The SMILES string of the molecule is [I-].[I-].c1cc2c[n+](c1)CCCCCCCCCCCc1ccc[n+](c1)CCCCCCCCCC2. The van der Waals surface area contributed by atoms with Crippen LogP contribution in [-0.2, 0) is 25.9 Å². The largest absolute Gasteiger partial charge is 1.00 e. The van der Waals surface area contributed by atoms with E-state index in [9.17, 15) is 0 Å². The molecule has 2 aromatic rings. The van der Waals surface area contributed by atoms with Crippen LogP contribution >= 0.6 is 0 Å². The van der Waals surface area contributed by atoms with Crippen molar-refractivity contribution >= 4 is 0 Å². The molecule has 0 atom stereocenters. The molecule has 1 aliphatic rings. The molecule has 0 unspecified atom stereocenters. The quantitative estimate of drug-likeness (QED) is 0.292. The van der Waals surface area contributed by atoms with E-state index in [4.69, 9.17) is 0 Å². The van der Waals surface area contributed by atoms with E-state index in [2.05, 4.69) is 58.2 Å². The summed E-state index contributed by atoms with van der Waals surface area (Å²) < 4.78 is 4.85. The molecule has 0 saturated carbocycles. The monoisotopic (exact) mass is 704 g/mol. The van der Waals surface area contributed by atoms with Crippen LogP contribution in [0.15, 0.2) is 49.1 Å². The Morgan fingerprint density at radius 3 is 1.09 bits per heavy atom. The number of hydrogen-bond acceptors (Lipinski definition) is 0. The summed E-state index contributed by atoms with van der Waals surface area (Å²) in [7, 11) is 0. The van der Waals surface area contributed by atoms with Crippen LogP contribution < -0.4 is 57.1 Å². The van der Waals surface area contributed by atoms with Gasteiger partial charge < -0.3 is 48.0 Å². The van der Waals surface area contributed by atoms with Crippen molar-refractivity contribution in [1.29, 1.82) is 0 Å². The highest BCUT2D eigenvalue weighted by Gasteiger charge is 2.05. The van der Waals surface area contributed by atoms with Gasteiger partial charge in [0.25, 0.3) is 0 Å². The third kappa shape index (κ3) is 15.6. The zero-order chi connectivity index (χ0) is 22.8. The van der Waals surface area contributed by atoms with Crippen molar-refractivity contribution in [3.8, 4) is 0 Å². The summed E-state index contributed by atoms with van der Waals surface area (Å²) in [5, 5.41) is 0. The van der Waals surface area contributed by atoms with Crippen molar-refractivity contribution in [2.75, 3.05) is 0 Å². The minimum atomic E-state index is 0. The molecule has 4 heteroatoms. The molecule has 0 spiro atoms. The van der Waals surface area contributed by atoms with Crippen LogP contribution in [-0.4, -0.2) is 0 Å². The molecule has 198 valence electrons. The molecule has 3 heterocycles. The lowest BCUT2D eigenvalue weighted by Gasteiger charge is -2.04. The van der Waals surface area contributed by atoms with Crippen molar-refractivity contribution in [3.05, 3.63) is 60.2 Å². The smallest absolute Gasteiger partial charge is 0.171 e. The van der Waals surface area contributed by atoms with Crippen LogP contribution in [0.2, 0.25) is 0 Å². The van der Waals surface area contributed by atoms with Gasteiger partial charge in [0.05, 0.1) is 0 Å². The summed E-state index contributed by atoms with van der Waals surface area (Å²) in [5.74, 6) is 0. The number of aromatic nitrogens is 2. The maximum Gasteiger partial charge on any atom is 0.171 e. The minimum Gasteiger partial charge on any atom is -1.00 e. The van der Waals surface area contributed by atoms with E-state index in [0.717, 1.165) is 0 Å². The Labute approximate surface area is 250 Å². The second kappa shape index (κ2) is 21.8. The van der Waals surface area contributed by atoms with E-state index < -0.39 is 0 Å². The summed E-state index contributed by atoms with van der Waals surface area (Å²) in [6, 6.07) is 9.14. The summed E-state index contributed by atoms with van der Waals surface area (Å²) >= 11 is 0. The molecular formula is C31H50I2N2. The van der Waals surface area contributed by atoms with Crippen LogP contribution in [0, 0.1) is 0 Å². The molecule has 0 radical (unpaired) electrons. The molecular weight excluding hydrogens is 654 g/mol. The topological polar surface area (TPSA) is 7.76 Å². The van der Waals surface area contributed by atoms with Crippen LogP contribution in [0.4, 0.5) is 0 Å². The van der Waals surface area contributed by atoms with Gasteiger partial charge in [-0.05, 0) is 50.7 Å². The van der Waals surface area contributed by atoms with E-state index in [1.807, 2.05) is 0 Å². The fraction of sp³-hybridized carbons (Fsp3) is 0.677. The second-order valence-corrected chi connectivity index (χ2v) is 10.4. The van der Waals surface area contributed by atoms with Gasteiger partial charge in [-0.1, -0.05) is 70.6 Å². The Kier molecular flexibility index (Phi) is 20.4. The first-order chi connectivity index (χ1) is 16.4. The molecule has 0 aromatic carbocycles. The predicted molar refractivity (Wildman–Crippen MR) is 139 cm³/mol. The molecule has 35 heavy (non-hydrogen) atoms. The predicted octanol–water partition coefficient (Wildman–Crippen LogP) is 1.70. The van der Waals surface area contributed by atoms with Crippen LogP contribution in [0.25, 0.3) is 0 Å². The molecule has 1 aliphatic heterocycles. The third-order valence-corrected chi connectivity index (χ3v) is 7.35. The lowest BCUT2D eigenvalue weighted by atomic mass is 10.0. The number of fused-ring (bicyclic) bond motifs is 4. The van der Waals surface area contributed by atoms with Crippen LogP contribution in [0.5, 0.6) is 0 Å². The highest BCUT2D eigenvalue weighted by molar-refractivity contribution is 5.05.